The van der Waals surface area contributed by atoms with Crippen LogP contribution in [-0.2, 0) is 32.3 Å². The minimum absolute atomic E-state index is 0.0900. The van der Waals surface area contributed by atoms with Crippen molar-refractivity contribution in [3.63, 3.8) is 0 Å². The first-order valence-corrected chi connectivity index (χ1v) is 13.4. The number of hydrogen-bond donors (Lipinski definition) is 3. The number of anilines is 1. The SMILES string of the molecule is COc1ccc(NC(=O)C[n+]2ccc(CN3CCC(=CC4=C(C(=O)O)N5C(=O)[C@@H](N)[C@H]5SC4)C3=O)cc2)cc1. The molecule has 2 fully saturated rings. The van der Waals surface area contributed by atoms with Crippen LogP contribution in [0.2, 0.25) is 0 Å². The van der Waals surface area contributed by atoms with Crippen molar-refractivity contribution < 1.29 is 33.6 Å². The zero-order chi connectivity index (χ0) is 27.7. The van der Waals surface area contributed by atoms with Gasteiger partial charge in [-0.25, -0.2) is 4.79 Å². The maximum atomic E-state index is 13.1. The number of hydrogen-bond acceptors (Lipinski definition) is 7. The van der Waals surface area contributed by atoms with Gasteiger partial charge < -0.3 is 25.8 Å². The fourth-order valence-electron chi connectivity index (χ4n) is 4.77. The van der Waals surface area contributed by atoms with Crippen LogP contribution in [-0.4, -0.2) is 69.4 Å². The van der Waals surface area contributed by atoms with Crippen LogP contribution in [0.15, 0.2) is 71.7 Å². The van der Waals surface area contributed by atoms with Gasteiger partial charge in [-0.1, -0.05) is 0 Å². The number of aliphatic carboxylic acids is 1. The lowest BCUT2D eigenvalue weighted by atomic mass is 10.0. The molecule has 1 aromatic heterocycles. The molecular weight excluding hydrogens is 522 g/mol. The van der Waals surface area contributed by atoms with E-state index in [1.54, 1.807) is 59.3 Å². The number of methoxy groups -OCH3 is 1. The Labute approximate surface area is 228 Å². The molecule has 0 aliphatic carbocycles. The lowest BCUT2D eigenvalue weighted by molar-refractivity contribution is -0.684. The molecule has 2 saturated heterocycles. The number of nitrogens with one attached hydrogen (secondary N) is 1. The number of fused-ring (bicyclic) bond motifs is 1. The Kier molecular flexibility index (Phi) is 7.40. The van der Waals surface area contributed by atoms with Gasteiger partial charge in [0.25, 0.3) is 5.91 Å². The summed E-state index contributed by atoms with van der Waals surface area (Å²) >= 11 is 1.40. The van der Waals surface area contributed by atoms with E-state index in [1.165, 1.54) is 16.7 Å². The Morgan fingerprint density at radius 3 is 2.59 bits per heavy atom. The molecule has 0 saturated carbocycles. The molecule has 0 bridgehead atoms. The Hall–Kier alpha value is -4.16. The number of benzene rings is 1. The molecule has 2 aromatic rings. The van der Waals surface area contributed by atoms with Gasteiger partial charge in [-0.2, -0.15) is 4.57 Å². The van der Waals surface area contributed by atoms with Gasteiger partial charge in [-0.15, -0.1) is 11.8 Å². The predicted molar refractivity (Wildman–Crippen MR) is 142 cm³/mol. The van der Waals surface area contributed by atoms with E-state index in [2.05, 4.69) is 5.32 Å². The summed E-state index contributed by atoms with van der Waals surface area (Å²) in [5.41, 5.74) is 8.25. The number of carbonyl (C=O) groups excluding carboxylic acids is 3. The van der Waals surface area contributed by atoms with E-state index in [4.69, 9.17) is 10.5 Å². The van der Waals surface area contributed by atoms with Crippen LogP contribution in [0.5, 0.6) is 5.75 Å². The van der Waals surface area contributed by atoms with Gasteiger partial charge in [0.05, 0.1) is 7.11 Å². The normalized spacial score (nSPS) is 21.6. The molecule has 11 nitrogen and oxygen atoms in total. The number of nitrogens with zero attached hydrogens (tertiary/aromatic N) is 3. The number of pyridine rings is 1. The smallest absolute Gasteiger partial charge is 0.352 e. The molecule has 4 heterocycles. The van der Waals surface area contributed by atoms with Crippen molar-refractivity contribution in [2.24, 2.45) is 5.73 Å². The largest absolute Gasteiger partial charge is 0.497 e. The highest BCUT2D eigenvalue weighted by atomic mass is 32.2. The first-order chi connectivity index (χ1) is 18.7. The molecule has 12 heteroatoms. The second-order valence-electron chi connectivity index (χ2n) is 9.42. The fourth-order valence-corrected chi connectivity index (χ4v) is 6.03. The molecule has 5 rings (SSSR count). The van der Waals surface area contributed by atoms with Crippen LogP contribution in [0.25, 0.3) is 0 Å². The molecule has 3 amide bonds. The molecule has 0 radical (unpaired) electrons. The highest BCUT2D eigenvalue weighted by Gasteiger charge is 2.51. The second-order valence-corrected chi connectivity index (χ2v) is 10.5. The molecule has 4 N–H and O–H groups in total. The minimum atomic E-state index is -1.20. The van der Waals surface area contributed by atoms with Crippen LogP contribution in [0.4, 0.5) is 5.69 Å². The van der Waals surface area contributed by atoms with Gasteiger partial charge in [0.2, 0.25) is 18.4 Å². The van der Waals surface area contributed by atoms with Crippen molar-refractivity contribution >= 4 is 41.1 Å². The van der Waals surface area contributed by atoms with Gasteiger partial charge in [-0.05, 0) is 47.9 Å². The Morgan fingerprint density at radius 2 is 1.92 bits per heavy atom. The first-order valence-electron chi connectivity index (χ1n) is 12.3. The predicted octanol–water partition coefficient (Wildman–Crippen LogP) is 0.861. The maximum absolute atomic E-state index is 13.1. The number of thioether (sulfide) groups is 1. The van der Waals surface area contributed by atoms with E-state index < -0.39 is 17.9 Å². The van der Waals surface area contributed by atoms with E-state index in [-0.39, 0.29) is 29.4 Å². The summed E-state index contributed by atoms with van der Waals surface area (Å²) in [7, 11) is 1.58. The molecule has 3 aliphatic heterocycles. The average molecular weight is 551 g/mol. The number of allylic oxidation sites excluding steroid dienone is 1. The van der Waals surface area contributed by atoms with Crippen LogP contribution in [0.3, 0.4) is 0 Å². The Balaban J connectivity index is 1.20. The maximum Gasteiger partial charge on any atom is 0.352 e. The van der Waals surface area contributed by atoms with E-state index in [9.17, 15) is 24.3 Å². The summed E-state index contributed by atoms with van der Waals surface area (Å²) in [6.07, 6.45) is 5.67. The van der Waals surface area contributed by atoms with Crippen molar-refractivity contribution in [1.29, 1.82) is 0 Å². The minimum Gasteiger partial charge on any atom is -0.497 e. The highest BCUT2D eigenvalue weighted by molar-refractivity contribution is 8.00. The molecule has 3 aliphatic rings. The van der Waals surface area contributed by atoms with Gasteiger partial charge >= 0.3 is 5.97 Å². The Morgan fingerprint density at radius 1 is 1.21 bits per heavy atom. The molecule has 39 heavy (non-hydrogen) atoms. The third-order valence-corrected chi connectivity index (χ3v) is 8.16. The number of nitrogens with two attached hydrogens (primary N) is 1. The standard InChI is InChI=1S/C27H27N5O6S/c1-38-20-4-2-19(3-5-20)29-21(33)14-30-9-6-16(7-10-30)13-31-11-8-17(24(31)34)12-18-15-39-26-22(28)25(35)32(26)23(18)27(36)37/h2-7,9-10,12,22,26H,8,11,13-15,28H2,1H3,(H-,29,33,36,37)/p+1/t22-,26-/m1/s1. The van der Waals surface area contributed by atoms with Crippen LogP contribution >= 0.6 is 11.8 Å². The molecule has 0 spiro atoms. The topological polar surface area (TPSA) is 146 Å². The lowest BCUT2D eigenvalue weighted by Gasteiger charge is -2.47. The summed E-state index contributed by atoms with van der Waals surface area (Å²) in [6, 6.07) is 10.1. The summed E-state index contributed by atoms with van der Waals surface area (Å²) in [5.74, 6) is -0.887. The van der Waals surface area contributed by atoms with E-state index in [0.717, 1.165) is 5.56 Å². The molecular formula is C27H28N5O6S+. The van der Waals surface area contributed by atoms with Crippen molar-refractivity contribution in [2.75, 3.05) is 24.7 Å². The zero-order valence-electron chi connectivity index (χ0n) is 21.2. The average Bonchev–Trinajstić information content (AvgIpc) is 3.27. The van der Waals surface area contributed by atoms with E-state index >= 15 is 0 Å². The van der Waals surface area contributed by atoms with E-state index in [0.29, 0.717) is 47.8 Å². The summed E-state index contributed by atoms with van der Waals surface area (Å²) < 4.78 is 6.87. The van der Waals surface area contributed by atoms with Crippen LogP contribution < -0.4 is 20.4 Å². The second kappa shape index (κ2) is 10.9. The van der Waals surface area contributed by atoms with Gasteiger partial charge in [-0.3, -0.25) is 19.3 Å². The number of carbonyl (C=O) groups is 4. The first kappa shape index (κ1) is 26.4. The van der Waals surface area contributed by atoms with Crippen molar-refractivity contribution in [2.45, 2.75) is 30.9 Å². The number of aromatic nitrogens is 1. The van der Waals surface area contributed by atoms with Crippen LogP contribution in [0.1, 0.15) is 12.0 Å². The quantitative estimate of drug-likeness (QED) is 0.249. The third-order valence-electron chi connectivity index (χ3n) is 6.84. The van der Waals surface area contributed by atoms with Crippen molar-refractivity contribution in [1.82, 2.24) is 9.80 Å². The molecule has 0 unspecified atom stereocenters. The number of carboxylic acid groups (broad SMARTS) is 1. The van der Waals surface area contributed by atoms with Crippen molar-refractivity contribution in [3.05, 3.63) is 77.3 Å². The lowest BCUT2D eigenvalue weighted by Crippen LogP contribution is -2.68. The molecule has 1 aromatic carbocycles. The number of ether oxygens (including phenoxy) is 1. The summed E-state index contributed by atoms with van der Waals surface area (Å²) in [6.45, 7) is 1.02. The van der Waals surface area contributed by atoms with E-state index in [1.807, 2.05) is 12.1 Å². The number of carboxylic acids is 1. The number of likely N-dealkylation sites (tertiary alicyclic amines) is 1. The molecule has 2 atom stereocenters. The number of amides is 3. The summed E-state index contributed by atoms with van der Waals surface area (Å²) in [5, 5.41) is 12.2. The number of rotatable bonds is 8. The number of β-lactam (4-membered cyclic amide) rings is 1. The van der Waals surface area contributed by atoms with Gasteiger partial charge in [0.1, 0.15) is 22.9 Å². The fraction of sp³-hybridized carbons (Fsp3) is 0.296. The zero-order valence-corrected chi connectivity index (χ0v) is 22.0. The van der Waals surface area contributed by atoms with Crippen molar-refractivity contribution in [3.8, 4) is 5.75 Å². The third kappa shape index (κ3) is 5.38. The van der Waals surface area contributed by atoms with Crippen LogP contribution in [0, 0.1) is 0 Å². The monoisotopic (exact) mass is 550 g/mol. The Bertz CT molecular complexity index is 1390. The highest BCUT2D eigenvalue weighted by Crippen LogP contribution is 2.40. The van der Waals surface area contributed by atoms with Gasteiger partial charge in [0, 0.05) is 42.2 Å². The summed E-state index contributed by atoms with van der Waals surface area (Å²) in [4.78, 5) is 52.5. The van der Waals surface area contributed by atoms with Gasteiger partial charge in [0.15, 0.2) is 12.4 Å². The molecule has 202 valence electrons.